The zero-order valence-electron chi connectivity index (χ0n) is 11.8. The highest BCUT2D eigenvalue weighted by Gasteiger charge is 2.23. The van der Waals surface area contributed by atoms with Crippen LogP contribution in [0.2, 0.25) is 0 Å². The second kappa shape index (κ2) is 6.44. The van der Waals surface area contributed by atoms with E-state index in [1.807, 2.05) is 0 Å². The molecular weight excluding hydrogens is 294 g/mol. The Kier molecular flexibility index (Phi) is 4.84. The fourth-order valence-electron chi connectivity index (χ4n) is 2.10. The Balaban J connectivity index is 2.12. The number of carbonyl (C=O) groups is 1. The van der Waals surface area contributed by atoms with E-state index < -0.39 is 16.0 Å². The standard InChI is InChI=1S/C14H19NO5S/c1-20-12-7-6-11(14(16)17)9-13(12)21(18,19)15-8-2-3-10-4-5-10/h6-7,9-10,15H,2-5,8H2,1H3,(H,16,17). The number of carboxylic acid groups (broad SMARTS) is 1. The van der Waals surface area contributed by atoms with Crippen molar-refractivity contribution in [3.05, 3.63) is 23.8 Å². The number of hydrogen-bond donors (Lipinski definition) is 2. The predicted molar refractivity (Wildman–Crippen MR) is 77.1 cm³/mol. The maximum atomic E-state index is 12.3. The van der Waals surface area contributed by atoms with Crippen molar-refractivity contribution in [2.45, 2.75) is 30.6 Å². The van der Waals surface area contributed by atoms with E-state index in [-0.39, 0.29) is 16.2 Å². The fourth-order valence-corrected chi connectivity index (χ4v) is 3.37. The Morgan fingerprint density at radius 3 is 2.71 bits per heavy atom. The molecule has 1 saturated carbocycles. The number of benzene rings is 1. The van der Waals surface area contributed by atoms with Gasteiger partial charge in [-0.05, 0) is 37.0 Å². The molecule has 0 amide bonds. The Bertz CT molecular complexity index is 622. The fraction of sp³-hybridized carbons (Fsp3) is 0.500. The molecule has 21 heavy (non-hydrogen) atoms. The van der Waals surface area contributed by atoms with Crippen molar-refractivity contribution in [1.29, 1.82) is 0 Å². The van der Waals surface area contributed by atoms with Gasteiger partial charge in [0.05, 0.1) is 12.7 Å². The van der Waals surface area contributed by atoms with Crippen LogP contribution < -0.4 is 9.46 Å². The average Bonchev–Trinajstić information content (AvgIpc) is 3.27. The van der Waals surface area contributed by atoms with E-state index >= 15 is 0 Å². The Labute approximate surface area is 124 Å². The Morgan fingerprint density at radius 2 is 2.14 bits per heavy atom. The van der Waals surface area contributed by atoms with Crippen LogP contribution in [0.5, 0.6) is 5.75 Å². The topological polar surface area (TPSA) is 92.7 Å². The molecule has 0 radical (unpaired) electrons. The number of nitrogens with one attached hydrogen (secondary N) is 1. The molecule has 0 aromatic heterocycles. The van der Waals surface area contributed by atoms with Gasteiger partial charge < -0.3 is 9.84 Å². The third-order valence-electron chi connectivity index (χ3n) is 3.48. The summed E-state index contributed by atoms with van der Waals surface area (Å²) in [5.41, 5.74) is -0.0887. The first-order valence-electron chi connectivity index (χ1n) is 6.85. The van der Waals surface area contributed by atoms with Gasteiger partial charge in [0.2, 0.25) is 10.0 Å². The third-order valence-corrected chi connectivity index (χ3v) is 4.96. The molecule has 116 valence electrons. The van der Waals surface area contributed by atoms with Crippen LogP contribution in [-0.2, 0) is 10.0 Å². The largest absolute Gasteiger partial charge is 0.495 e. The zero-order valence-corrected chi connectivity index (χ0v) is 12.6. The molecule has 1 aromatic carbocycles. The first-order chi connectivity index (χ1) is 9.94. The summed E-state index contributed by atoms with van der Waals surface area (Å²) in [5.74, 6) is -0.295. The van der Waals surface area contributed by atoms with Crippen LogP contribution in [0.1, 0.15) is 36.0 Å². The van der Waals surface area contributed by atoms with Gasteiger partial charge in [-0.25, -0.2) is 17.9 Å². The minimum absolute atomic E-state index is 0.0887. The minimum Gasteiger partial charge on any atom is -0.495 e. The molecule has 2 N–H and O–H groups in total. The van der Waals surface area contributed by atoms with E-state index in [0.29, 0.717) is 6.54 Å². The van der Waals surface area contributed by atoms with Crippen LogP contribution in [0.25, 0.3) is 0 Å². The number of hydrogen-bond acceptors (Lipinski definition) is 4. The van der Waals surface area contributed by atoms with Crippen molar-refractivity contribution in [1.82, 2.24) is 4.72 Å². The van der Waals surface area contributed by atoms with Crippen molar-refractivity contribution in [2.24, 2.45) is 5.92 Å². The highest BCUT2D eigenvalue weighted by molar-refractivity contribution is 7.89. The number of ether oxygens (including phenoxy) is 1. The summed E-state index contributed by atoms with van der Waals surface area (Å²) in [6, 6.07) is 3.78. The van der Waals surface area contributed by atoms with Crippen LogP contribution >= 0.6 is 0 Å². The molecule has 6 nitrogen and oxygen atoms in total. The first-order valence-corrected chi connectivity index (χ1v) is 8.33. The number of methoxy groups -OCH3 is 1. The van der Waals surface area contributed by atoms with Crippen LogP contribution in [0.3, 0.4) is 0 Å². The molecule has 0 aliphatic heterocycles. The summed E-state index contributed by atoms with van der Waals surface area (Å²) in [4.78, 5) is 10.8. The molecule has 0 unspecified atom stereocenters. The van der Waals surface area contributed by atoms with E-state index in [2.05, 4.69) is 4.72 Å². The van der Waals surface area contributed by atoms with E-state index in [1.165, 1.54) is 32.1 Å². The lowest BCUT2D eigenvalue weighted by molar-refractivity contribution is 0.0696. The monoisotopic (exact) mass is 313 g/mol. The highest BCUT2D eigenvalue weighted by Crippen LogP contribution is 2.33. The van der Waals surface area contributed by atoms with Crippen LogP contribution in [-0.4, -0.2) is 33.1 Å². The molecule has 0 heterocycles. The molecule has 0 bridgehead atoms. The molecule has 1 fully saturated rings. The minimum atomic E-state index is -3.77. The normalized spacial score (nSPS) is 14.9. The van der Waals surface area contributed by atoms with Crippen molar-refractivity contribution in [3.8, 4) is 5.75 Å². The van der Waals surface area contributed by atoms with E-state index in [0.717, 1.165) is 24.8 Å². The van der Waals surface area contributed by atoms with Crippen molar-refractivity contribution in [2.75, 3.05) is 13.7 Å². The quantitative estimate of drug-likeness (QED) is 0.715. The van der Waals surface area contributed by atoms with Gasteiger partial charge in [-0.15, -0.1) is 0 Å². The number of carboxylic acids is 1. The Morgan fingerprint density at radius 1 is 1.43 bits per heavy atom. The second-order valence-corrected chi connectivity index (χ2v) is 6.89. The summed E-state index contributed by atoms with van der Waals surface area (Å²) < 4.78 is 32.0. The molecule has 0 saturated heterocycles. The lowest BCUT2D eigenvalue weighted by atomic mass is 10.2. The molecule has 1 aliphatic carbocycles. The van der Waals surface area contributed by atoms with Gasteiger partial charge in [-0.2, -0.15) is 0 Å². The first kappa shape index (κ1) is 15.8. The van der Waals surface area contributed by atoms with Crippen molar-refractivity contribution < 1.29 is 23.1 Å². The molecular formula is C14H19NO5S. The predicted octanol–water partition coefficient (Wildman–Crippen LogP) is 1.86. The lowest BCUT2D eigenvalue weighted by Crippen LogP contribution is -2.25. The highest BCUT2D eigenvalue weighted by atomic mass is 32.2. The van der Waals surface area contributed by atoms with Gasteiger partial charge in [0.15, 0.2) is 0 Å². The van der Waals surface area contributed by atoms with Crippen molar-refractivity contribution in [3.63, 3.8) is 0 Å². The number of aromatic carboxylic acids is 1. The molecule has 0 spiro atoms. The SMILES string of the molecule is COc1ccc(C(=O)O)cc1S(=O)(=O)NCCCC1CC1. The Hall–Kier alpha value is -1.60. The lowest BCUT2D eigenvalue weighted by Gasteiger charge is -2.11. The molecule has 2 rings (SSSR count). The van der Waals surface area contributed by atoms with Gasteiger partial charge in [0.1, 0.15) is 10.6 Å². The third kappa shape index (κ3) is 4.18. The average molecular weight is 313 g/mol. The maximum Gasteiger partial charge on any atom is 0.335 e. The van der Waals surface area contributed by atoms with Gasteiger partial charge in [-0.1, -0.05) is 12.8 Å². The smallest absolute Gasteiger partial charge is 0.335 e. The number of sulfonamides is 1. The summed E-state index contributed by atoms with van der Waals surface area (Å²) in [6.07, 6.45) is 4.28. The molecule has 7 heteroatoms. The molecule has 1 aromatic rings. The summed E-state index contributed by atoms with van der Waals surface area (Å²) in [7, 11) is -2.43. The maximum absolute atomic E-state index is 12.3. The zero-order chi connectivity index (χ0) is 15.5. The van der Waals surface area contributed by atoms with Crippen LogP contribution in [0, 0.1) is 5.92 Å². The summed E-state index contributed by atoms with van der Waals surface area (Å²) in [6.45, 7) is 0.347. The van der Waals surface area contributed by atoms with E-state index in [1.54, 1.807) is 0 Å². The van der Waals surface area contributed by atoms with Gasteiger partial charge in [-0.3, -0.25) is 0 Å². The van der Waals surface area contributed by atoms with Gasteiger partial charge >= 0.3 is 5.97 Å². The molecule has 0 atom stereocenters. The van der Waals surface area contributed by atoms with E-state index in [9.17, 15) is 13.2 Å². The molecule has 1 aliphatic rings. The van der Waals surface area contributed by atoms with Crippen molar-refractivity contribution >= 4 is 16.0 Å². The van der Waals surface area contributed by atoms with Gasteiger partial charge in [0.25, 0.3) is 0 Å². The van der Waals surface area contributed by atoms with Crippen LogP contribution in [0.4, 0.5) is 0 Å². The van der Waals surface area contributed by atoms with Gasteiger partial charge in [0, 0.05) is 6.54 Å². The summed E-state index contributed by atoms with van der Waals surface area (Å²) >= 11 is 0. The van der Waals surface area contributed by atoms with Crippen LogP contribution in [0.15, 0.2) is 23.1 Å². The summed E-state index contributed by atoms with van der Waals surface area (Å²) in [5, 5.41) is 8.96. The second-order valence-electron chi connectivity index (χ2n) is 5.15. The van der Waals surface area contributed by atoms with E-state index in [4.69, 9.17) is 9.84 Å². The number of rotatable bonds is 8.